The van der Waals surface area contributed by atoms with Crippen molar-refractivity contribution in [2.75, 3.05) is 14.1 Å². The lowest BCUT2D eigenvalue weighted by atomic mass is 9.73. The molecule has 0 saturated carbocycles. The van der Waals surface area contributed by atoms with Gasteiger partial charge in [-0.3, -0.25) is 0 Å². The van der Waals surface area contributed by atoms with Crippen LogP contribution in [0.3, 0.4) is 0 Å². The first-order valence-corrected chi connectivity index (χ1v) is 5.54. The largest absolute Gasteiger partial charge is 0.472 e. The third kappa shape index (κ3) is 2.52. The maximum atomic E-state index is 5.93. The van der Waals surface area contributed by atoms with Crippen molar-refractivity contribution in [3.05, 3.63) is 0 Å². The minimum atomic E-state index is -0.308. The van der Waals surface area contributed by atoms with Crippen molar-refractivity contribution in [1.82, 2.24) is 0 Å². The fraction of sp³-hybridized carbons (Fsp3) is 0.818. The lowest BCUT2D eigenvalue weighted by Crippen LogP contribution is -2.41. The summed E-state index contributed by atoms with van der Waals surface area (Å²) in [7, 11) is 3.17. The molecular weight excluding hydrogens is 203 g/mol. The van der Waals surface area contributed by atoms with Crippen LogP contribution in [0.1, 0.15) is 27.7 Å². The van der Waals surface area contributed by atoms with Crippen molar-refractivity contribution in [2.45, 2.75) is 44.7 Å². The quantitative estimate of drug-likeness (QED) is 0.542. The summed E-state index contributed by atoms with van der Waals surface area (Å²) >= 11 is 0. The summed E-state index contributed by atoms with van der Waals surface area (Å²) in [6.45, 7) is 8.15. The van der Waals surface area contributed by atoms with Crippen molar-refractivity contribution in [3.8, 4) is 0 Å². The molecule has 1 rings (SSSR count). The number of hydrogen-bond acceptors (Lipinski definition) is 4. The highest BCUT2D eigenvalue weighted by atomic mass is 16.7. The normalized spacial score (nSPS) is 25.8. The summed E-state index contributed by atoms with van der Waals surface area (Å²) in [4.78, 5) is 8.04. The van der Waals surface area contributed by atoms with Gasteiger partial charge < -0.3 is 19.3 Å². The Balaban J connectivity index is 2.84. The van der Waals surface area contributed by atoms with E-state index in [4.69, 9.17) is 9.31 Å². The van der Waals surface area contributed by atoms with Crippen LogP contribution in [0.15, 0.2) is 9.98 Å². The number of hydrogen-bond donors (Lipinski definition) is 0. The second kappa shape index (κ2) is 4.68. The van der Waals surface area contributed by atoms with Crippen molar-refractivity contribution in [2.24, 2.45) is 9.98 Å². The van der Waals surface area contributed by atoms with Gasteiger partial charge in [0.15, 0.2) is 0 Å². The van der Waals surface area contributed by atoms with Gasteiger partial charge in [0.1, 0.15) is 0 Å². The number of aliphatic imine (C=N–C) groups is 2. The van der Waals surface area contributed by atoms with Gasteiger partial charge in [-0.2, -0.15) is 0 Å². The molecule has 0 spiro atoms. The first-order valence-electron chi connectivity index (χ1n) is 5.54. The van der Waals surface area contributed by atoms with Crippen molar-refractivity contribution in [1.29, 1.82) is 0 Å². The zero-order valence-electron chi connectivity index (χ0n) is 11.0. The Bertz CT molecular complexity index is 272. The van der Waals surface area contributed by atoms with Crippen LogP contribution in [0, 0.1) is 0 Å². The van der Waals surface area contributed by atoms with Gasteiger partial charge in [-0.15, -0.1) is 0 Å². The molecule has 0 unspecified atom stereocenters. The Morgan fingerprint density at radius 1 is 0.938 bits per heavy atom. The van der Waals surface area contributed by atoms with E-state index in [0.717, 1.165) is 0 Å². The van der Waals surface area contributed by atoms with E-state index in [-0.39, 0.29) is 24.1 Å². The molecule has 0 aromatic heterocycles. The smallest absolute Gasteiger partial charge is 0.403 e. The average molecular weight is 224 g/mol. The molecule has 16 heavy (non-hydrogen) atoms. The van der Waals surface area contributed by atoms with Crippen molar-refractivity contribution >= 4 is 19.5 Å². The van der Waals surface area contributed by atoms with Gasteiger partial charge in [-0.25, -0.2) is 0 Å². The van der Waals surface area contributed by atoms with E-state index >= 15 is 0 Å². The van der Waals surface area contributed by atoms with Crippen LogP contribution in [0.5, 0.6) is 0 Å². The molecule has 5 heteroatoms. The Labute approximate surface area is 98.3 Å². The van der Waals surface area contributed by atoms with E-state index in [2.05, 4.69) is 9.98 Å². The van der Waals surface area contributed by atoms with Gasteiger partial charge in [0, 0.05) is 26.5 Å². The Morgan fingerprint density at radius 3 is 1.62 bits per heavy atom. The van der Waals surface area contributed by atoms with E-state index in [1.54, 1.807) is 26.5 Å². The van der Waals surface area contributed by atoms with Gasteiger partial charge >= 0.3 is 7.12 Å². The van der Waals surface area contributed by atoms with E-state index in [1.165, 1.54) is 0 Å². The molecule has 90 valence electrons. The minimum absolute atomic E-state index is 0.0314. The summed E-state index contributed by atoms with van der Waals surface area (Å²) in [5, 5.41) is 0. The Hall–Kier alpha value is -0.675. The molecule has 0 aromatic carbocycles. The molecule has 0 amide bonds. The molecule has 0 aliphatic carbocycles. The average Bonchev–Trinajstić information content (AvgIpc) is 2.36. The van der Waals surface area contributed by atoms with Gasteiger partial charge in [0.2, 0.25) is 0 Å². The first kappa shape index (κ1) is 13.4. The van der Waals surface area contributed by atoms with E-state index in [0.29, 0.717) is 0 Å². The zero-order valence-corrected chi connectivity index (χ0v) is 11.0. The maximum Gasteiger partial charge on any atom is 0.472 e. The summed E-state index contributed by atoms with van der Waals surface area (Å²) in [5.41, 5.74) is -0.613. The van der Waals surface area contributed by atoms with Crippen LogP contribution in [-0.2, 0) is 9.31 Å². The molecule has 0 bridgehead atoms. The Kier molecular flexibility index (Phi) is 3.91. The minimum Gasteiger partial charge on any atom is -0.403 e. The third-order valence-corrected chi connectivity index (χ3v) is 3.23. The molecule has 4 nitrogen and oxygen atoms in total. The van der Waals surface area contributed by atoms with Crippen LogP contribution < -0.4 is 0 Å². The standard InChI is InChI=1S/C11H21BN2O2/c1-10(2)11(3,4)16-12(15-10)9(7-13-5)8-14-6/h7-9H,1-6H3. The van der Waals surface area contributed by atoms with Crippen LogP contribution in [0.4, 0.5) is 0 Å². The molecule has 0 aromatic rings. The van der Waals surface area contributed by atoms with E-state index < -0.39 is 0 Å². The van der Waals surface area contributed by atoms with Gasteiger partial charge in [0.05, 0.1) is 17.0 Å². The number of rotatable bonds is 3. The monoisotopic (exact) mass is 224 g/mol. The second-order valence-electron chi connectivity index (χ2n) is 5.02. The SMILES string of the molecule is CN=CC(C=NC)B1OC(C)(C)C(C)(C)O1. The highest BCUT2D eigenvalue weighted by Gasteiger charge is 2.53. The lowest BCUT2D eigenvalue weighted by molar-refractivity contribution is 0.00578. The van der Waals surface area contributed by atoms with E-state index in [9.17, 15) is 0 Å². The maximum absolute atomic E-state index is 5.93. The molecule has 1 saturated heterocycles. The highest BCUT2D eigenvalue weighted by molar-refractivity contribution is 6.56. The fourth-order valence-electron chi connectivity index (χ4n) is 1.57. The Morgan fingerprint density at radius 2 is 1.31 bits per heavy atom. The predicted molar refractivity (Wildman–Crippen MR) is 68.7 cm³/mol. The van der Waals surface area contributed by atoms with E-state index in [1.807, 2.05) is 27.7 Å². The molecule has 1 aliphatic rings. The van der Waals surface area contributed by atoms with Gasteiger partial charge in [-0.1, -0.05) is 0 Å². The van der Waals surface area contributed by atoms with Crippen LogP contribution in [-0.4, -0.2) is 44.8 Å². The van der Waals surface area contributed by atoms with Gasteiger partial charge in [-0.05, 0) is 27.7 Å². The van der Waals surface area contributed by atoms with Crippen LogP contribution in [0.25, 0.3) is 0 Å². The van der Waals surface area contributed by atoms with Gasteiger partial charge in [0.25, 0.3) is 0 Å². The number of nitrogens with zero attached hydrogens (tertiary/aromatic N) is 2. The molecular formula is C11H21BN2O2. The fourth-order valence-corrected chi connectivity index (χ4v) is 1.57. The zero-order chi connectivity index (χ0) is 12.4. The molecule has 1 aliphatic heterocycles. The summed E-state index contributed by atoms with van der Waals surface area (Å²) in [6.07, 6.45) is 3.60. The molecule has 1 heterocycles. The summed E-state index contributed by atoms with van der Waals surface area (Å²) < 4.78 is 11.9. The lowest BCUT2D eigenvalue weighted by Gasteiger charge is -2.32. The molecule has 1 fully saturated rings. The molecule has 0 N–H and O–H groups in total. The van der Waals surface area contributed by atoms with Crippen molar-refractivity contribution < 1.29 is 9.31 Å². The van der Waals surface area contributed by atoms with Crippen molar-refractivity contribution in [3.63, 3.8) is 0 Å². The summed E-state index contributed by atoms with van der Waals surface area (Å²) in [5.74, 6) is -0.0314. The molecule has 0 radical (unpaired) electrons. The molecule has 0 atom stereocenters. The summed E-state index contributed by atoms with van der Waals surface area (Å²) in [6, 6.07) is 0. The topological polar surface area (TPSA) is 43.2 Å². The highest BCUT2D eigenvalue weighted by Crippen LogP contribution is 2.39. The third-order valence-electron chi connectivity index (χ3n) is 3.23. The predicted octanol–water partition coefficient (Wildman–Crippen LogP) is 1.85. The van der Waals surface area contributed by atoms with Crippen LogP contribution >= 0.6 is 0 Å². The second-order valence-corrected chi connectivity index (χ2v) is 5.02. The van der Waals surface area contributed by atoms with Crippen LogP contribution in [0.2, 0.25) is 5.82 Å². The first-order chi connectivity index (χ1) is 7.34.